The van der Waals surface area contributed by atoms with Gasteiger partial charge in [0.2, 0.25) is 5.88 Å². The van der Waals surface area contributed by atoms with Crippen molar-refractivity contribution >= 4 is 5.78 Å². The molecule has 0 saturated heterocycles. The fourth-order valence-corrected chi connectivity index (χ4v) is 2.69. The first-order valence-electron chi connectivity index (χ1n) is 8.07. The molecule has 0 unspecified atom stereocenters. The quantitative estimate of drug-likeness (QED) is 0.681. The van der Waals surface area contributed by atoms with Crippen molar-refractivity contribution in [2.45, 2.75) is 40.0 Å². The number of hydrogen-bond acceptors (Lipinski definition) is 4. The van der Waals surface area contributed by atoms with Crippen LogP contribution < -0.4 is 4.74 Å². The van der Waals surface area contributed by atoms with Gasteiger partial charge < -0.3 is 4.74 Å². The van der Waals surface area contributed by atoms with Crippen LogP contribution in [0, 0.1) is 12.3 Å². The molecule has 1 atom stereocenters. The molecule has 0 spiro atoms. The molecule has 0 saturated carbocycles. The van der Waals surface area contributed by atoms with Gasteiger partial charge in [-0.25, -0.2) is 4.98 Å². The van der Waals surface area contributed by atoms with E-state index in [1.807, 2.05) is 27.7 Å². The van der Waals surface area contributed by atoms with Crippen LogP contribution in [0.25, 0.3) is 5.78 Å². The smallest absolute Gasteiger partial charge is 0.416 e. The molecule has 26 heavy (non-hydrogen) atoms. The summed E-state index contributed by atoms with van der Waals surface area (Å²) in [7, 11) is 0. The summed E-state index contributed by atoms with van der Waals surface area (Å²) in [6.07, 6.45) is -3.48. The third kappa shape index (κ3) is 3.63. The monoisotopic (exact) mass is 364 g/mol. The van der Waals surface area contributed by atoms with Gasteiger partial charge in [0, 0.05) is 17.2 Å². The van der Waals surface area contributed by atoms with Crippen molar-refractivity contribution in [1.82, 2.24) is 19.6 Å². The minimum absolute atomic E-state index is 0.371. The third-order valence-electron chi connectivity index (χ3n) is 3.91. The van der Waals surface area contributed by atoms with E-state index in [0.29, 0.717) is 22.9 Å². The van der Waals surface area contributed by atoms with Gasteiger partial charge in [-0.1, -0.05) is 32.9 Å². The molecule has 3 rings (SSSR count). The lowest BCUT2D eigenvalue weighted by atomic mass is 9.84. The number of aryl methyl sites for hydroxylation is 1. The van der Waals surface area contributed by atoms with E-state index in [9.17, 15) is 13.2 Å². The van der Waals surface area contributed by atoms with Crippen molar-refractivity contribution in [3.05, 3.63) is 53.5 Å². The first-order valence-corrected chi connectivity index (χ1v) is 8.07. The summed E-state index contributed by atoms with van der Waals surface area (Å²) in [6.45, 7) is 7.69. The molecule has 2 heterocycles. The zero-order valence-corrected chi connectivity index (χ0v) is 14.9. The fraction of sp³-hybridized carbons (Fsp3) is 0.389. The molecule has 3 aromatic rings. The van der Waals surface area contributed by atoms with Crippen LogP contribution in [-0.4, -0.2) is 19.6 Å². The number of benzene rings is 1. The van der Waals surface area contributed by atoms with Gasteiger partial charge in [0.05, 0.1) is 5.56 Å². The summed E-state index contributed by atoms with van der Waals surface area (Å²) >= 11 is 0. The van der Waals surface area contributed by atoms with Crippen molar-refractivity contribution in [3.63, 3.8) is 0 Å². The number of rotatable bonds is 3. The van der Waals surface area contributed by atoms with Gasteiger partial charge in [0.25, 0.3) is 5.78 Å². The molecule has 0 bridgehead atoms. The third-order valence-corrected chi connectivity index (χ3v) is 3.91. The molecule has 0 aliphatic heterocycles. The van der Waals surface area contributed by atoms with E-state index in [0.717, 1.165) is 12.1 Å². The summed E-state index contributed by atoms with van der Waals surface area (Å²) < 4.78 is 46.1. The molecule has 0 fully saturated rings. The van der Waals surface area contributed by atoms with Crippen molar-refractivity contribution in [2.24, 2.45) is 5.41 Å². The number of halogens is 3. The first kappa shape index (κ1) is 18.2. The maximum absolute atomic E-state index is 12.8. The van der Waals surface area contributed by atoms with Gasteiger partial charge in [0.15, 0.2) is 0 Å². The van der Waals surface area contributed by atoms with Gasteiger partial charge in [-0.3, -0.25) is 0 Å². The van der Waals surface area contributed by atoms with E-state index in [1.165, 1.54) is 23.0 Å². The predicted molar refractivity (Wildman–Crippen MR) is 89.8 cm³/mol. The lowest BCUT2D eigenvalue weighted by Gasteiger charge is -2.31. The van der Waals surface area contributed by atoms with E-state index in [-0.39, 0.29) is 5.41 Å². The number of aromatic nitrogens is 4. The van der Waals surface area contributed by atoms with Gasteiger partial charge in [-0.05, 0) is 24.6 Å². The molecule has 5 nitrogen and oxygen atoms in total. The number of fused-ring (bicyclic) bond motifs is 1. The molecule has 0 N–H and O–H groups in total. The Hall–Kier alpha value is -2.64. The van der Waals surface area contributed by atoms with Crippen molar-refractivity contribution in [2.75, 3.05) is 0 Å². The highest BCUT2D eigenvalue weighted by Crippen LogP contribution is 2.38. The lowest BCUT2D eigenvalue weighted by molar-refractivity contribution is -0.137. The number of hydrogen-bond donors (Lipinski definition) is 0. The van der Waals surface area contributed by atoms with E-state index >= 15 is 0 Å². The average molecular weight is 364 g/mol. The molecule has 0 amide bonds. The maximum Gasteiger partial charge on any atom is 0.416 e. The Morgan fingerprint density at radius 3 is 2.31 bits per heavy atom. The van der Waals surface area contributed by atoms with Crippen LogP contribution in [0.2, 0.25) is 0 Å². The number of nitrogens with zero attached hydrogens (tertiary/aromatic N) is 4. The first-order chi connectivity index (χ1) is 12.1. The van der Waals surface area contributed by atoms with Crippen molar-refractivity contribution in [1.29, 1.82) is 0 Å². The summed E-state index contributed by atoms with van der Waals surface area (Å²) in [5, 5.41) is 4.10. The van der Waals surface area contributed by atoms with E-state index in [1.54, 1.807) is 6.07 Å². The van der Waals surface area contributed by atoms with Gasteiger partial charge in [0.1, 0.15) is 12.4 Å². The number of ether oxygens (including phenoxy) is 1. The molecular weight excluding hydrogens is 345 g/mol. The normalized spacial score (nSPS) is 13.8. The van der Waals surface area contributed by atoms with Crippen LogP contribution in [-0.2, 0) is 6.18 Å². The zero-order chi connectivity index (χ0) is 19.1. The molecule has 138 valence electrons. The predicted octanol–water partition coefficient (Wildman–Crippen LogP) is 4.62. The van der Waals surface area contributed by atoms with Crippen LogP contribution in [0.1, 0.15) is 43.7 Å². The Balaban J connectivity index is 2.00. The summed E-state index contributed by atoms with van der Waals surface area (Å²) in [5.74, 6) is 0.838. The minimum Gasteiger partial charge on any atom is -0.469 e. The second kappa shape index (κ2) is 6.26. The Labute approximate surface area is 148 Å². The molecule has 0 aliphatic carbocycles. The van der Waals surface area contributed by atoms with Crippen molar-refractivity contribution in [3.8, 4) is 5.88 Å². The molecule has 0 aliphatic rings. The van der Waals surface area contributed by atoms with Crippen LogP contribution in [0.15, 0.2) is 36.7 Å². The Morgan fingerprint density at radius 2 is 1.73 bits per heavy atom. The van der Waals surface area contributed by atoms with Gasteiger partial charge in [-0.15, -0.1) is 0 Å². The molecule has 0 radical (unpaired) electrons. The Bertz CT molecular complexity index is 911. The van der Waals surface area contributed by atoms with E-state index in [4.69, 9.17) is 4.74 Å². The van der Waals surface area contributed by atoms with E-state index in [2.05, 4.69) is 15.1 Å². The van der Waals surface area contributed by atoms with Crippen LogP contribution in [0.5, 0.6) is 5.88 Å². The highest BCUT2D eigenvalue weighted by molar-refractivity contribution is 5.34. The molecular formula is C18H19F3N4O. The average Bonchev–Trinajstić information content (AvgIpc) is 2.99. The zero-order valence-electron chi connectivity index (χ0n) is 14.9. The second-order valence-electron chi connectivity index (χ2n) is 7.19. The minimum atomic E-state index is -4.37. The SMILES string of the molecule is Cc1cc(O[C@H](c2ccc(C(F)(F)F)cc2)C(C)(C)C)n2ncnc2n1. The van der Waals surface area contributed by atoms with Crippen LogP contribution in [0.4, 0.5) is 13.2 Å². The number of alkyl halides is 3. The highest BCUT2D eigenvalue weighted by Gasteiger charge is 2.33. The standard InChI is InChI=1S/C18H19F3N4O/c1-11-9-14(25-16(24-11)22-10-23-25)26-15(17(2,3)4)12-5-7-13(8-6-12)18(19,20)21/h5-10,15H,1-4H3/t15-/m1/s1. The largest absolute Gasteiger partial charge is 0.469 e. The van der Waals surface area contributed by atoms with Gasteiger partial charge >= 0.3 is 6.18 Å². The van der Waals surface area contributed by atoms with Crippen molar-refractivity contribution < 1.29 is 17.9 Å². The summed E-state index contributed by atoms with van der Waals surface area (Å²) in [4.78, 5) is 8.32. The fourth-order valence-electron chi connectivity index (χ4n) is 2.69. The topological polar surface area (TPSA) is 52.3 Å². The Kier molecular flexibility index (Phi) is 4.37. The second-order valence-corrected chi connectivity index (χ2v) is 7.19. The Morgan fingerprint density at radius 1 is 1.08 bits per heavy atom. The summed E-state index contributed by atoms with van der Waals surface area (Å²) in [6, 6.07) is 6.77. The highest BCUT2D eigenvalue weighted by atomic mass is 19.4. The van der Waals surface area contributed by atoms with Crippen LogP contribution >= 0.6 is 0 Å². The maximum atomic E-state index is 12.8. The molecule has 2 aromatic heterocycles. The molecule has 1 aromatic carbocycles. The van der Waals surface area contributed by atoms with Crippen LogP contribution in [0.3, 0.4) is 0 Å². The van der Waals surface area contributed by atoms with Gasteiger partial charge in [-0.2, -0.15) is 27.8 Å². The summed E-state index contributed by atoms with van der Waals surface area (Å²) in [5.41, 5.74) is 0.297. The molecule has 8 heteroatoms. The lowest BCUT2D eigenvalue weighted by Crippen LogP contribution is -2.25. The van der Waals surface area contributed by atoms with E-state index < -0.39 is 17.8 Å².